The third-order valence-electron chi connectivity index (χ3n) is 3.49. The molecule has 24 heavy (non-hydrogen) atoms. The first kappa shape index (κ1) is 18.1. The van der Waals surface area contributed by atoms with Gasteiger partial charge < -0.3 is 9.47 Å². The third kappa shape index (κ3) is 3.97. The molecule has 0 aliphatic heterocycles. The number of anilines is 1. The molecule has 5 N–H and O–H groups in total. The number of rotatable bonds is 5. The van der Waals surface area contributed by atoms with Gasteiger partial charge in [0.1, 0.15) is 18.1 Å². The molecule has 0 radical (unpaired) electrons. The molecule has 8 heteroatoms. The summed E-state index contributed by atoms with van der Waals surface area (Å²) in [6, 6.07) is 10.2. The van der Waals surface area contributed by atoms with Crippen LogP contribution in [-0.2, 0) is 6.61 Å². The summed E-state index contributed by atoms with van der Waals surface area (Å²) >= 11 is 3.41. The number of aryl methyl sites for hydroxylation is 1. The molecule has 0 spiro atoms. The molecule has 0 atom stereocenters. The fourth-order valence-electron chi connectivity index (χ4n) is 2.17. The van der Waals surface area contributed by atoms with E-state index in [-0.39, 0.29) is 6.61 Å². The molecule has 0 unspecified atom stereocenters. The van der Waals surface area contributed by atoms with Crippen LogP contribution < -0.4 is 31.6 Å². The third-order valence-corrected chi connectivity index (χ3v) is 4.11. The predicted octanol–water partition coefficient (Wildman–Crippen LogP) is 2.61. The monoisotopic (exact) mass is 394 g/mol. The maximum atomic E-state index is 11.7. The number of nitrogens with two attached hydrogens (primary N) is 2. The van der Waals surface area contributed by atoms with Crippen LogP contribution in [0.25, 0.3) is 0 Å². The van der Waals surface area contributed by atoms with Crippen molar-refractivity contribution < 1.29 is 14.3 Å². The molecular formula is C16H19BrN4O3. The lowest BCUT2D eigenvalue weighted by Gasteiger charge is -2.21. The van der Waals surface area contributed by atoms with E-state index in [1.165, 1.54) is 0 Å². The fraction of sp³-hybridized carbons (Fsp3) is 0.188. The van der Waals surface area contributed by atoms with Gasteiger partial charge >= 0.3 is 6.03 Å². The number of hydrogen-bond donors (Lipinski definition) is 3. The van der Waals surface area contributed by atoms with Crippen LogP contribution in [0.2, 0.25) is 0 Å². The first-order valence-corrected chi connectivity index (χ1v) is 7.87. The van der Waals surface area contributed by atoms with Crippen molar-refractivity contribution in [3.63, 3.8) is 0 Å². The van der Waals surface area contributed by atoms with E-state index in [1.807, 2.05) is 30.5 Å². The van der Waals surface area contributed by atoms with Gasteiger partial charge in [-0.25, -0.2) is 21.5 Å². The summed E-state index contributed by atoms with van der Waals surface area (Å²) in [5, 5.41) is 0.954. The Balaban J connectivity index is 2.23. The Labute approximate surface area is 148 Å². The van der Waals surface area contributed by atoms with Crippen molar-refractivity contribution in [3.05, 3.63) is 52.0 Å². The number of hydrazine groups is 2. The van der Waals surface area contributed by atoms with Crippen LogP contribution in [0, 0.1) is 6.92 Å². The Hall–Kier alpha value is -2.29. The molecule has 2 aromatic rings. The quantitative estimate of drug-likeness (QED) is 0.410. The predicted molar refractivity (Wildman–Crippen MR) is 95.6 cm³/mol. The van der Waals surface area contributed by atoms with Crippen molar-refractivity contribution in [1.82, 2.24) is 5.43 Å². The summed E-state index contributed by atoms with van der Waals surface area (Å²) in [5.74, 6) is 12.3. The molecule has 7 nitrogen and oxygen atoms in total. The highest BCUT2D eigenvalue weighted by molar-refractivity contribution is 9.10. The van der Waals surface area contributed by atoms with Gasteiger partial charge in [-0.3, -0.25) is 5.43 Å². The van der Waals surface area contributed by atoms with E-state index in [0.29, 0.717) is 17.2 Å². The molecular weight excluding hydrogens is 376 g/mol. The van der Waals surface area contributed by atoms with Gasteiger partial charge in [-0.05, 0) is 52.7 Å². The molecule has 2 rings (SSSR count). The summed E-state index contributed by atoms with van der Waals surface area (Å²) in [6.45, 7) is 2.16. The maximum absolute atomic E-state index is 11.7. The van der Waals surface area contributed by atoms with E-state index in [9.17, 15) is 4.79 Å². The van der Waals surface area contributed by atoms with Crippen LogP contribution in [0.1, 0.15) is 11.1 Å². The molecule has 2 amide bonds. The van der Waals surface area contributed by atoms with Gasteiger partial charge in [0.15, 0.2) is 0 Å². The molecule has 0 fully saturated rings. The molecule has 0 aliphatic carbocycles. The van der Waals surface area contributed by atoms with E-state index in [0.717, 1.165) is 20.6 Å². The number of nitrogens with zero attached hydrogens (tertiary/aromatic N) is 1. The number of methoxy groups -OCH3 is 1. The van der Waals surface area contributed by atoms with Crippen LogP contribution in [0.15, 0.2) is 40.9 Å². The van der Waals surface area contributed by atoms with Crippen LogP contribution in [0.3, 0.4) is 0 Å². The van der Waals surface area contributed by atoms with Gasteiger partial charge in [-0.15, -0.1) is 0 Å². The first-order chi connectivity index (χ1) is 11.5. The van der Waals surface area contributed by atoms with E-state index >= 15 is 0 Å². The Morgan fingerprint density at radius 3 is 2.71 bits per heavy atom. The second kappa shape index (κ2) is 8.00. The summed E-state index contributed by atoms with van der Waals surface area (Å²) < 4.78 is 11.8. The van der Waals surface area contributed by atoms with E-state index in [2.05, 4.69) is 15.9 Å². The van der Waals surface area contributed by atoms with Crippen LogP contribution >= 0.6 is 15.9 Å². The molecule has 0 bridgehead atoms. The van der Waals surface area contributed by atoms with E-state index in [1.54, 1.807) is 25.3 Å². The molecule has 0 heterocycles. The minimum Gasteiger partial charge on any atom is -0.496 e. The van der Waals surface area contributed by atoms with Crippen LogP contribution in [0.4, 0.5) is 10.5 Å². The zero-order chi connectivity index (χ0) is 17.7. The molecule has 0 aliphatic rings. The number of carbonyl (C=O) groups excluding carboxylic acids is 1. The van der Waals surface area contributed by atoms with Crippen molar-refractivity contribution in [2.75, 3.05) is 12.1 Å². The number of hydrogen-bond acceptors (Lipinski definition) is 5. The first-order valence-electron chi connectivity index (χ1n) is 7.08. The number of nitrogens with one attached hydrogen (secondary N) is 1. The summed E-state index contributed by atoms with van der Waals surface area (Å²) in [6.07, 6.45) is 0. The lowest BCUT2D eigenvalue weighted by molar-refractivity contribution is 0.246. The Bertz CT molecular complexity index is 739. The number of halogens is 1. The molecule has 0 saturated heterocycles. The number of benzene rings is 2. The van der Waals surface area contributed by atoms with E-state index in [4.69, 9.17) is 21.2 Å². The highest BCUT2D eigenvalue weighted by atomic mass is 79.9. The van der Waals surface area contributed by atoms with Gasteiger partial charge in [-0.1, -0.05) is 12.1 Å². The lowest BCUT2D eigenvalue weighted by Crippen LogP contribution is -2.48. The topological polar surface area (TPSA) is 103 Å². The normalized spacial score (nSPS) is 10.2. The Morgan fingerprint density at radius 1 is 1.33 bits per heavy atom. The summed E-state index contributed by atoms with van der Waals surface area (Å²) in [5.41, 5.74) is 4.26. The second-order valence-electron chi connectivity index (χ2n) is 4.98. The number of amides is 2. The minimum atomic E-state index is -0.617. The van der Waals surface area contributed by atoms with Gasteiger partial charge in [0, 0.05) is 5.56 Å². The van der Waals surface area contributed by atoms with Gasteiger partial charge in [0.25, 0.3) is 0 Å². The number of ether oxygens (including phenoxy) is 2. The number of urea groups is 1. The van der Waals surface area contributed by atoms with Crippen molar-refractivity contribution in [3.8, 4) is 11.5 Å². The standard InChI is InChI=1S/C16H19BrN4O3/c1-10-4-3-5-14(21(19)16(22)20-18)12(10)9-24-11-6-7-15(23-2)13(17)8-11/h3-8H,9,18-19H2,1-2H3,(H,20,22). The SMILES string of the molecule is COc1ccc(OCc2c(C)cccc2N(N)C(=O)NN)cc1Br. The van der Waals surface area contributed by atoms with Crippen molar-refractivity contribution in [1.29, 1.82) is 0 Å². The second-order valence-corrected chi connectivity index (χ2v) is 5.83. The minimum absolute atomic E-state index is 0.242. The molecule has 0 aromatic heterocycles. The average Bonchev–Trinajstić information content (AvgIpc) is 2.59. The fourth-order valence-corrected chi connectivity index (χ4v) is 2.69. The van der Waals surface area contributed by atoms with Crippen molar-refractivity contribution >= 4 is 27.6 Å². The Morgan fingerprint density at radius 2 is 2.08 bits per heavy atom. The zero-order valence-corrected chi connectivity index (χ0v) is 15.0. The Kier molecular flexibility index (Phi) is 6.02. The summed E-state index contributed by atoms with van der Waals surface area (Å²) in [7, 11) is 1.60. The lowest BCUT2D eigenvalue weighted by atomic mass is 10.1. The van der Waals surface area contributed by atoms with Crippen molar-refractivity contribution in [2.24, 2.45) is 11.7 Å². The van der Waals surface area contributed by atoms with Crippen molar-refractivity contribution in [2.45, 2.75) is 13.5 Å². The highest BCUT2D eigenvalue weighted by Crippen LogP contribution is 2.30. The number of carbonyl (C=O) groups is 1. The summed E-state index contributed by atoms with van der Waals surface area (Å²) in [4.78, 5) is 11.7. The molecule has 2 aromatic carbocycles. The van der Waals surface area contributed by atoms with Crippen LogP contribution in [-0.4, -0.2) is 13.1 Å². The van der Waals surface area contributed by atoms with Gasteiger partial charge in [0.05, 0.1) is 17.3 Å². The van der Waals surface area contributed by atoms with Gasteiger partial charge in [0.2, 0.25) is 0 Å². The maximum Gasteiger partial charge on any atom is 0.350 e. The molecule has 0 saturated carbocycles. The largest absolute Gasteiger partial charge is 0.496 e. The van der Waals surface area contributed by atoms with E-state index < -0.39 is 6.03 Å². The molecule has 128 valence electrons. The highest BCUT2D eigenvalue weighted by Gasteiger charge is 2.16. The smallest absolute Gasteiger partial charge is 0.350 e. The van der Waals surface area contributed by atoms with Gasteiger partial charge in [-0.2, -0.15) is 0 Å². The van der Waals surface area contributed by atoms with Crippen LogP contribution in [0.5, 0.6) is 11.5 Å². The zero-order valence-electron chi connectivity index (χ0n) is 13.4. The average molecular weight is 395 g/mol.